The Morgan fingerprint density at radius 1 is 0.811 bits per heavy atom. The van der Waals surface area contributed by atoms with Crippen LogP contribution in [-0.2, 0) is 32.2 Å². The molecule has 0 aliphatic rings. The summed E-state index contributed by atoms with van der Waals surface area (Å²) in [6.45, 7) is 4.38. The predicted molar refractivity (Wildman–Crippen MR) is 145 cm³/mol. The summed E-state index contributed by atoms with van der Waals surface area (Å²) in [7, 11) is 0. The third kappa shape index (κ3) is 13.5. The van der Waals surface area contributed by atoms with Gasteiger partial charge in [0.05, 0.1) is 0 Å². The summed E-state index contributed by atoms with van der Waals surface area (Å²) in [5.41, 5.74) is 1.92. The van der Waals surface area contributed by atoms with Gasteiger partial charge >= 0.3 is 12.1 Å². The summed E-state index contributed by atoms with van der Waals surface area (Å²) in [6, 6.07) is 18.3. The molecule has 2 N–H and O–H groups in total. The molecule has 7 nitrogen and oxygen atoms in total. The highest BCUT2D eigenvalue weighted by molar-refractivity contribution is 5.81. The molecule has 37 heavy (non-hydrogen) atoms. The van der Waals surface area contributed by atoms with Crippen LogP contribution in [0.4, 0.5) is 4.79 Å². The van der Waals surface area contributed by atoms with E-state index in [1.54, 1.807) is 6.92 Å². The van der Waals surface area contributed by atoms with Crippen LogP contribution < -0.4 is 10.6 Å². The zero-order valence-corrected chi connectivity index (χ0v) is 22.2. The van der Waals surface area contributed by atoms with E-state index in [2.05, 4.69) is 17.6 Å². The smallest absolute Gasteiger partial charge is 0.408 e. The molecule has 0 radical (unpaired) electrons. The van der Waals surface area contributed by atoms with Gasteiger partial charge in [-0.25, -0.2) is 9.59 Å². The number of nitrogens with one attached hydrogen (secondary N) is 2. The Balaban J connectivity index is 1.76. The molecule has 202 valence electrons. The van der Waals surface area contributed by atoms with Crippen molar-refractivity contribution in [1.82, 2.24) is 10.6 Å². The van der Waals surface area contributed by atoms with Gasteiger partial charge in [0.2, 0.25) is 5.91 Å². The molecule has 0 spiro atoms. The van der Waals surface area contributed by atoms with E-state index in [9.17, 15) is 14.4 Å². The first-order valence-corrected chi connectivity index (χ1v) is 13.5. The van der Waals surface area contributed by atoms with Crippen molar-refractivity contribution in [2.45, 2.75) is 96.9 Å². The molecule has 0 saturated heterocycles. The van der Waals surface area contributed by atoms with Gasteiger partial charge in [-0.2, -0.15) is 0 Å². The van der Waals surface area contributed by atoms with Crippen LogP contribution in [0.25, 0.3) is 0 Å². The van der Waals surface area contributed by atoms with Crippen molar-refractivity contribution in [3.8, 4) is 0 Å². The van der Waals surface area contributed by atoms with Gasteiger partial charge in [-0.15, -0.1) is 0 Å². The number of rotatable bonds is 17. The fourth-order valence-electron chi connectivity index (χ4n) is 3.88. The summed E-state index contributed by atoms with van der Waals surface area (Å²) in [5, 5.41) is 5.48. The van der Waals surface area contributed by atoms with Gasteiger partial charge in [-0.3, -0.25) is 4.79 Å². The molecular weight excluding hydrogens is 468 g/mol. The minimum Gasteiger partial charge on any atom is -0.461 e. The number of esters is 1. The van der Waals surface area contributed by atoms with E-state index in [1.165, 1.54) is 12.8 Å². The molecule has 2 aromatic carbocycles. The number of carbonyl (C=O) groups excluding carboxylic acids is 3. The van der Waals surface area contributed by atoms with Crippen LogP contribution in [0.5, 0.6) is 0 Å². The maximum Gasteiger partial charge on any atom is 0.408 e. The number of carbonyl (C=O) groups is 3. The molecule has 1 unspecified atom stereocenters. The van der Waals surface area contributed by atoms with Gasteiger partial charge in [0.25, 0.3) is 0 Å². The summed E-state index contributed by atoms with van der Waals surface area (Å²) in [5.74, 6) is -0.517. The van der Waals surface area contributed by atoms with E-state index in [-0.39, 0.29) is 18.6 Å². The lowest BCUT2D eigenvalue weighted by atomic mass is 10.0. The molecule has 0 saturated carbocycles. The number of unbranched alkanes of at least 4 members (excludes halogenated alkanes) is 4. The quantitative estimate of drug-likeness (QED) is 0.199. The Morgan fingerprint density at radius 2 is 1.43 bits per heavy atom. The second-order valence-electron chi connectivity index (χ2n) is 9.34. The van der Waals surface area contributed by atoms with Crippen LogP contribution in [0.1, 0.15) is 82.8 Å². The van der Waals surface area contributed by atoms with Crippen LogP contribution >= 0.6 is 0 Å². The van der Waals surface area contributed by atoms with Crippen molar-refractivity contribution in [3.63, 3.8) is 0 Å². The van der Waals surface area contributed by atoms with Crippen molar-refractivity contribution >= 4 is 18.0 Å². The topological polar surface area (TPSA) is 93.7 Å². The zero-order chi connectivity index (χ0) is 26.7. The zero-order valence-electron chi connectivity index (χ0n) is 22.2. The van der Waals surface area contributed by atoms with E-state index in [1.807, 2.05) is 60.7 Å². The Bertz CT molecular complexity index is 920. The molecular formula is C30H42N2O5. The molecule has 2 amide bonds. The largest absolute Gasteiger partial charge is 0.461 e. The third-order valence-electron chi connectivity index (χ3n) is 6.08. The molecule has 0 aliphatic heterocycles. The normalized spacial score (nSPS) is 12.3. The molecule has 0 bridgehead atoms. The molecule has 2 rings (SSSR count). The van der Waals surface area contributed by atoms with Crippen LogP contribution in [0.3, 0.4) is 0 Å². The van der Waals surface area contributed by atoms with Gasteiger partial charge in [0, 0.05) is 13.0 Å². The van der Waals surface area contributed by atoms with Gasteiger partial charge in [-0.1, -0.05) is 93.3 Å². The van der Waals surface area contributed by atoms with Gasteiger partial charge < -0.3 is 20.1 Å². The van der Waals surface area contributed by atoms with Gasteiger partial charge in [0.1, 0.15) is 18.8 Å². The van der Waals surface area contributed by atoms with Crippen LogP contribution in [0.15, 0.2) is 60.7 Å². The molecule has 2 aromatic rings. The molecule has 0 heterocycles. The monoisotopic (exact) mass is 510 g/mol. The number of hydrogen-bond donors (Lipinski definition) is 2. The van der Waals surface area contributed by atoms with Gasteiger partial charge in [-0.05, 0) is 43.7 Å². The number of benzene rings is 2. The van der Waals surface area contributed by atoms with E-state index in [0.29, 0.717) is 25.8 Å². The van der Waals surface area contributed by atoms with Crippen molar-refractivity contribution in [3.05, 3.63) is 71.8 Å². The molecule has 0 fully saturated rings. The Kier molecular flexibility index (Phi) is 14.5. The minimum absolute atomic E-state index is 0.0203. The lowest BCUT2D eigenvalue weighted by molar-refractivity contribution is -0.151. The molecule has 7 heteroatoms. The van der Waals surface area contributed by atoms with E-state index < -0.39 is 18.1 Å². The summed E-state index contributed by atoms with van der Waals surface area (Å²) < 4.78 is 11.0. The minimum atomic E-state index is -0.833. The number of hydrogen-bond acceptors (Lipinski definition) is 5. The third-order valence-corrected chi connectivity index (χ3v) is 6.08. The maximum absolute atomic E-state index is 12.7. The molecule has 2 atom stereocenters. The highest BCUT2D eigenvalue weighted by Crippen LogP contribution is 2.16. The Hall–Kier alpha value is -3.35. The predicted octanol–water partition coefficient (Wildman–Crippen LogP) is 6.06. The Labute approximate surface area is 221 Å². The van der Waals surface area contributed by atoms with Crippen molar-refractivity contribution in [2.75, 3.05) is 0 Å². The fraction of sp³-hybridized carbons (Fsp3) is 0.500. The lowest BCUT2D eigenvalue weighted by Gasteiger charge is -2.21. The highest BCUT2D eigenvalue weighted by atomic mass is 16.6. The average molecular weight is 511 g/mol. The summed E-state index contributed by atoms with van der Waals surface area (Å²) in [6.07, 6.45) is 6.93. The fourth-order valence-corrected chi connectivity index (χ4v) is 3.88. The SMILES string of the molecule is CCCCCCCC(CCCC(=O)NCc1ccccc1)OC(=O)[C@H](C)NC(=O)OCc1ccccc1. The van der Waals surface area contributed by atoms with Crippen LogP contribution in [0, 0.1) is 0 Å². The first-order chi connectivity index (χ1) is 18.0. The van der Waals surface area contributed by atoms with E-state index >= 15 is 0 Å². The van der Waals surface area contributed by atoms with Crippen LogP contribution in [0.2, 0.25) is 0 Å². The van der Waals surface area contributed by atoms with Gasteiger partial charge in [0.15, 0.2) is 0 Å². The summed E-state index contributed by atoms with van der Waals surface area (Å²) in [4.78, 5) is 37.1. The second kappa shape index (κ2) is 18.0. The van der Waals surface area contributed by atoms with E-state index in [4.69, 9.17) is 9.47 Å². The van der Waals surface area contributed by atoms with Crippen molar-refractivity contribution in [2.24, 2.45) is 0 Å². The number of alkyl carbamates (subject to hydrolysis) is 1. The standard InChI is InChI=1S/C30H42N2O5/c1-3-4-5-6-13-19-27(20-14-21-28(33)31-22-25-15-9-7-10-16-25)37-29(34)24(2)32-30(35)36-23-26-17-11-8-12-18-26/h7-12,15-18,24,27H,3-6,13-14,19-23H2,1-2H3,(H,31,33)(H,32,35)/t24-,27?/m0/s1. The summed E-state index contributed by atoms with van der Waals surface area (Å²) >= 11 is 0. The Morgan fingerprint density at radius 3 is 2.11 bits per heavy atom. The van der Waals surface area contributed by atoms with E-state index in [0.717, 1.165) is 36.8 Å². The number of amides is 2. The first-order valence-electron chi connectivity index (χ1n) is 13.5. The second-order valence-corrected chi connectivity index (χ2v) is 9.34. The average Bonchev–Trinajstić information content (AvgIpc) is 2.91. The van der Waals surface area contributed by atoms with Crippen molar-refractivity contribution in [1.29, 1.82) is 0 Å². The van der Waals surface area contributed by atoms with Crippen molar-refractivity contribution < 1.29 is 23.9 Å². The number of ether oxygens (including phenoxy) is 2. The highest BCUT2D eigenvalue weighted by Gasteiger charge is 2.22. The maximum atomic E-state index is 12.7. The lowest BCUT2D eigenvalue weighted by Crippen LogP contribution is -2.41. The van der Waals surface area contributed by atoms with Crippen LogP contribution in [-0.4, -0.2) is 30.1 Å². The molecule has 0 aliphatic carbocycles. The first kappa shape index (κ1) is 29.9. The molecule has 0 aromatic heterocycles.